The van der Waals surface area contributed by atoms with Crippen LogP contribution in [0.15, 0.2) is 4.42 Å². The molecule has 1 aliphatic heterocycles. The lowest BCUT2D eigenvalue weighted by atomic mass is 10.0. The van der Waals surface area contributed by atoms with Crippen LogP contribution < -0.4 is 10.6 Å². The standard InChI is InChI=1S/C13H20N4O2/c18-11(8-9-4-1-2-5-9)15-13-17-16-12(19-13)10-6-3-7-14-10/h9-10,14H,1-8H2,(H,15,17,18). The molecule has 2 aliphatic rings. The number of nitrogens with one attached hydrogen (secondary N) is 2. The first kappa shape index (κ1) is 12.6. The van der Waals surface area contributed by atoms with E-state index in [2.05, 4.69) is 20.8 Å². The van der Waals surface area contributed by atoms with E-state index in [9.17, 15) is 4.79 Å². The summed E-state index contributed by atoms with van der Waals surface area (Å²) in [5.41, 5.74) is 0. The van der Waals surface area contributed by atoms with Gasteiger partial charge in [-0.3, -0.25) is 10.1 Å². The van der Waals surface area contributed by atoms with Crippen LogP contribution in [0.3, 0.4) is 0 Å². The molecule has 1 aromatic rings. The van der Waals surface area contributed by atoms with Gasteiger partial charge in [-0.05, 0) is 38.1 Å². The fourth-order valence-corrected chi connectivity index (χ4v) is 2.97. The van der Waals surface area contributed by atoms with E-state index >= 15 is 0 Å². The quantitative estimate of drug-likeness (QED) is 0.869. The highest BCUT2D eigenvalue weighted by atomic mass is 16.4. The molecular formula is C13H20N4O2. The zero-order chi connectivity index (χ0) is 13.1. The van der Waals surface area contributed by atoms with Gasteiger partial charge < -0.3 is 9.73 Å². The Balaban J connectivity index is 1.52. The lowest BCUT2D eigenvalue weighted by Gasteiger charge is -2.07. The minimum absolute atomic E-state index is 0.0125. The fraction of sp³-hybridized carbons (Fsp3) is 0.769. The van der Waals surface area contributed by atoms with E-state index < -0.39 is 0 Å². The summed E-state index contributed by atoms with van der Waals surface area (Å²) in [6.45, 7) is 0.983. The topological polar surface area (TPSA) is 80.0 Å². The van der Waals surface area contributed by atoms with Crippen LogP contribution in [-0.4, -0.2) is 22.6 Å². The smallest absolute Gasteiger partial charge is 0.322 e. The molecule has 1 amide bonds. The van der Waals surface area contributed by atoms with Crippen LogP contribution >= 0.6 is 0 Å². The summed E-state index contributed by atoms with van der Waals surface area (Å²) in [5.74, 6) is 1.09. The van der Waals surface area contributed by atoms with Crippen molar-refractivity contribution in [3.63, 3.8) is 0 Å². The molecule has 0 radical (unpaired) electrons. The van der Waals surface area contributed by atoms with E-state index in [0.29, 0.717) is 18.2 Å². The molecule has 1 aliphatic carbocycles. The second-order valence-electron chi connectivity index (χ2n) is 5.50. The Morgan fingerprint density at radius 3 is 2.84 bits per heavy atom. The van der Waals surface area contributed by atoms with E-state index in [1.165, 1.54) is 12.8 Å². The Kier molecular flexibility index (Phi) is 3.77. The zero-order valence-corrected chi connectivity index (χ0v) is 11.0. The molecule has 1 saturated carbocycles. The van der Waals surface area contributed by atoms with Crippen molar-refractivity contribution in [2.24, 2.45) is 5.92 Å². The van der Waals surface area contributed by atoms with Crippen molar-refractivity contribution < 1.29 is 9.21 Å². The van der Waals surface area contributed by atoms with Crippen molar-refractivity contribution in [1.29, 1.82) is 0 Å². The van der Waals surface area contributed by atoms with Crippen molar-refractivity contribution in [1.82, 2.24) is 15.5 Å². The Hall–Kier alpha value is -1.43. The van der Waals surface area contributed by atoms with Crippen LogP contribution in [0.4, 0.5) is 6.01 Å². The van der Waals surface area contributed by atoms with Gasteiger partial charge in [0.15, 0.2) is 0 Å². The van der Waals surface area contributed by atoms with Crippen molar-refractivity contribution in [3.8, 4) is 0 Å². The van der Waals surface area contributed by atoms with E-state index in [0.717, 1.165) is 32.2 Å². The number of carbonyl (C=O) groups excluding carboxylic acids is 1. The first-order chi connectivity index (χ1) is 9.31. The third-order valence-corrected chi connectivity index (χ3v) is 3.99. The van der Waals surface area contributed by atoms with Gasteiger partial charge in [-0.25, -0.2) is 0 Å². The SMILES string of the molecule is O=C(CC1CCCC1)Nc1nnc(C2CCCN2)o1. The van der Waals surface area contributed by atoms with Gasteiger partial charge in [0.1, 0.15) is 0 Å². The number of carbonyl (C=O) groups is 1. The molecule has 2 fully saturated rings. The lowest BCUT2D eigenvalue weighted by molar-refractivity contribution is -0.117. The minimum atomic E-state index is -0.0125. The van der Waals surface area contributed by atoms with Gasteiger partial charge >= 0.3 is 6.01 Å². The van der Waals surface area contributed by atoms with Crippen molar-refractivity contribution in [2.75, 3.05) is 11.9 Å². The predicted molar refractivity (Wildman–Crippen MR) is 69.5 cm³/mol. The maximum Gasteiger partial charge on any atom is 0.322 e. The summed E-state index contributed by atoms with van der Waals surface area (Å²) >= 11 is 0. The highest BCUT2D eigenvalue weighted by Crippen LogP contribution is 2.28. The van der Waals surface area contributed by atoms with Gasteiger partial charge in [0.05, 0.1) is 6.04 Å². The summed E-state index contributed by atoms with van der Waals surface area (Å²) in [4.78, 5) is 11.8. The predicted octanol–water partition coefficient (Wildman–Crippen LogP) is 2.01. The Labute approximate surface area is 112 Å². The molecule has 2 N–H and O–H groups in total. The Morgan fingerprint density at radius 2 is 2.11 bits per heavy atom. The molecule has 6 heteroatoms. The number of hydrogen-bond donors (Lipinski definition) is 2. The molecule has 1 atom stereocenters. The number of nitrogens with zero attached hydrogens (tertiary/aromatic N) is 2. The molecular weight excluding hydrogens is 244 g/mol. The first-order valence-corrected chi connectivity index (χ1v) is 7.18. The molecule has 0 spiro atoms. The highest BCUT2D eigenvalue weighted by molar-refractivity contribution is 5.88. The van der Waals surface area contributed by atoms with Crippen LogP contribution in [0.5, 0.6) is 0 Å². The molecule has 1 aromatic heterocycles. The Bertz CT molecular complexity index is 434. The number of aromatic nitrogens is 2. The fourth-order valence-electron chi connectivity index (χ4n) is 2.97. The molecule has 0 aromatic carbocycles. The van der Waals surface area contributed by atoms with Gasteiger partial charge in [-0.1, -0.05) is 17.9 Å². The summed E-state index contributed by atoms with van der Waals surface area (Å²) in [6.07, 6.45) is 7.52. The first-order valence-electron chi connectivity index (χ1n) is 7.18. The molecule has 6 nitrogen and oxygen atoms in total. The van der Waals surface area contributed by atoms with E-state index in [-0.39, 0.29) is 18.0 Å². The monoisotopic (exact) mass is 264 g/mol. The summed E-state index contributed by atoms with van der Waals surface area (Å²) in [5, 5.41) is 13.9. The van der Waals surface area contributed by atoms with Crippen molar-refractivity contribution in [3.05, 3.63) is 5.89 Å². The van der Waals surface area contributed by atoms with Crippen LogP contribution in [0.1, 0.15) is 56.9 Å². The average Bonchev–Trinajstić information content (AvgIpc) is 3.09. The molecule has 3 rings (SSSR count). The normalized spacial score (nSPS) is 23.9. The minimum Gasteiger partial charge on any atom is -0.406 e. The molecule has 1 saturated heterocycles. The number of amides is 1. The molecule has 2 heterocycles. The maximum absolute atomic E-state index is 11.8. The number of rotatable bonds is 4. The van der Waals surface area contributed by atoms with Crippen LogP contribution in [0.25, 0.3) is 0 Å². The summed E-state index contributed by atoms with van der Waals surface area (Å²) in [7, 11) is 0. The van der Waals surface area contributed by atoms with Gasteiger partial charge in [0.25, 0.3) is 0 Å². The highest BCUT2D eigenvalue weighted by Gasteiger charge is 2.23. The molecule has 1 unspecified atom stereocenters. The second kappa shape index (κ2) is 5.69. The van der Waals surface area contributed by atoms with Gasteiger partial charge in [0.2, 0.25) is 11.8 Å². The lowest BCUT2D eigenvalue weighted by Crippen LogP contribution is -2.15. The van der Waals surface area contributed by atoms with Gasteiger partial charge in [-0.15, -0.1) is 5.10 Å². The Morgan fingerprint density at radius 1 is 1.26 bits per heavy atom. The van der Waals surface area contributed by atoms with Crippen molar-refractivity contribution in [2.45, 2.75) is 51.0 Å². The third kappa shape index (κ3) is 3.12. The molecule has 104 valence electrons. The van der Waals surface area contributed by atoms with Crippen LogP contribution in [0.2, 0.25) is 0 Å². The van der Waals surface area contributed by atoms with Crippen LogP contribution in [0, 0.1) is 5.92 Å². The number of hydrogen-bond acceptors (Lipinski definition) is 5. The van der Waals surface area contributed by atoms with E-state index in [1.807, 2.05) is 0 Å². The largest absolute Gasteiger partial charge is 0.406 e. The van der Waals surface area contributed by atoms with Gasteiger partial charge in [-0.2, -0.15) is 0 Å². The second-order valence-corrected chi connectivity index (χ2v) is 5.50. The number of anilines is 1. The average molecular weight is 264 g/mol. The third-order valence-electron chi connectivity index (χ3n) is 3.99. The zero-order valence-electron chi connectivity index (χ0n) is 11.0. The summed E-state index contributed by atoms with van der Waals surface area (Å²) < 4.78 is 5.49. The maximum atomic E-state index is 11.8. The van der Waals surface area contributed by atoms with Crippen LogP contribution in [-0.2, 0) is 4.79 Å². The van der Waals surface area contributed by atoms with E-state index in [1.54, 1.807) is 0 Å². The summed E-state index contributed by atoms with van der Waals surface area (Å²) in [6, 6.07) is 0.375. The van der Waals surface area contributed by atoms with E-state index in [4.69, 9.17) is 4.42 Å². The molecule has 19 heavy (non-hydrogen) atoms. The van der Waals surface area contributed by atoms with Crippen molar-refractivity contribution >= 4 is 11.9 Å². The van der Waals surface area contributed by atoms with Gasteiger partial charge in [0, 0.05) is 6.42 Å². The molecule has 0 bridgehead atoms.